The Morgan fingerprint density at radius 2 is 1.92 bits per heavy atom. The van der Waals surface area contributed by atoms with Gasteiger partial charge in [-0.15, -0.1) is 0 Å². The van der Waals surface area contributed by atoms with E-state index in [0.29, 0.717) is 22.5 Å². The maximum Gasteiger partial charge on any atom is 0.337 e. The molecule has 6 nitrogen and oxygen atoms in total. The topological polar surface area (TPSA) is 80.3 Å². The highest BCUT2D eigenvalue weighted by molar-refractivity contribution is 5.95. The third-order valence-electron chi connectivity index (χ3n) is 3.56. The quantitative estimate of drug-likeness (QED) is 0.797. The smallest absolute Gasteiger partial charge is 0.337 e. The second-order valence-electron chi connectivity index (χ2n) is 5.44. The molecule has 0 bridgehead atoms. The van der Waals surface area contributed by atoms with Crippen molar-refractivity contribution in [3.05, 3.63) is 53.9 Å². The summed E-state index contributed by atoms with van der Waals surface area (Å²) in [6.07, 6.45) is 4.00. The summed E-state index contributed by atoms with van der Waals surface area (Å²) in [4.78, 5) is 27.8. The minimum Gasteiger partial charge on any atom is -0.465 e. The number of carbonyl (C=O) groups excluding carboxylic acids is 2. The summed E-state index contributed by atoms with van der Waals surface area (Å²) in [7, 11) is 1.34. The van der Waals surface area contributed by atoms with Crippen molar-refractivity contribution in [2.24, 2.45) is 0 Å². The van der Waals surface area contributed by atoms with Crippen LogP contribution in [0.25, 0.3) is 0 Å². The van der Waals surface area contributed by atoms with Crippen LogP contribution >= 0.6 is 0 Å². The second-order valence-corrected chi connectivity index (χ2v) is 5.44. The number of rotatable bonds is 6. The van der Waals surface area contributed by atoms with Crippen LogP contribution < -0.4 is 10.6 Å². The fourth-order valence-corrected chi connectivity index (χ4v) is 2.05. The number of nitrogens with one attached hydrogen (secondary N) is 2. The molecule has 6 heteroatoms. The Bertz CT molecular complexity index is 731. The van der Waals surface area contributed by atoms with Crippen LogP contribution in [0.4, 0.5) is 11.4 Å². The number of hydrogen-bond acceptors (Lipinski definition) is 5. The molecular formula is C18H21N3O3. The average Bonchev–Trinajstić information content (AvgIpc) is 2.61. The normalized spacial score (nSPS) is 11.5. The third-order valence-corrected chi connectivity index (χ3v) is 3.56. The molecule has 0 saturated carbocycles. The molecule has 0 aliphatic rings. The number of carbonyl (C=O) groups is 2. The predicted octanol–water partition coefficient (Wildman–Crippen LogP) is 3.14. The first kappa shape index (κ1) is 17.5. The molecular weight excluding hydrogens is 306 g/mol. The van der Waals surface area contributed by atoms with Crippen LogP contribution in [-0.2, 0) is 4.74 Å². The maximum atomic E-state index is 12.2. The summed E-state index contributed by atoms with van der Waals surface area (Å²) in [6.45, 7) is 3.96. The number of benzene rings is 1. The molecule has 1 amide bonds. The molecule has 1 atom stereocenters. The van der Waals surface area contributed by atoms with Gasteiger partial charge in [-0.25, -0.2) is 4.79 Å². The van der Waals surface area contributed by atoms with Gasteiger partial charge in [0.15, 0.2) is 0 Å². The lowest BCUT2D eigenvalue weighted by Gasteiger charge is -2.12. The van der Waals surface area contributed by atoms with E-state index in [4.69, 9.17) is 4.74 Å². The van der Waals surface area contributed by atoms with E-state index in [0.717, 1.165) is 6.42 Å². The molecule has 2 aromatic rings. The average molecular weight is 327 g/mol. The maximum absolute atomic E-state index is 12.2. The Hall–Kier alpha value is -2.89. The Balaban J connectivity index is 2.15. The standard InChI is InChI=1S/C18H21N3O3/c1-4-12(2)20-17(22)14-9-16(11-19-10-14)21-15-7-5-6-13(8-15)18(23)24-3/h5-12,21H,4H2,1-3H3,(H,20,22). The van der Waals surface area contributed by atoms with Crippen molar-refractivity contribution in [1.29, 1.82) is 0 Å². The molecule has 0 saturated heterocycles. The highest BCUT2D eigenvalue weighted by Gasteiger charge is 2.10. The zero-order valence-electron chi connectivity index (χ0n) is 14.0. The lowest BCUT2D eigenvalue weighted by molar-refractivity contribution is 0.0600. The Kier molecular flexibility index (Phi) is 5.89. The second kappa shape index (κ2) is 8.10. The number of nitrogens with zero attached hydrogens (tertiary/aromatic N) is 1. The summed E-state index contributed by atoms with van der Waals surface area (Å²) >= 11 is 0. The molecule has 1 unspecified atom stereocenters. The summed E-state index contributed by atoms with van der Waals surface area (Å²) in [5.74, 6) is -0.567. The van der Waals surface area contributed by atoms with E-state index in [1.54, 1.807) is 30.5 Å². The van der Waals surface area contributed by atoms with Crippen molar-refractivity contribution < 1.29 is 14.3 Å². The van der Waals surface area contributed by atoms with Crippen LogP contribution in [0, 0.1) is 0 Å². The first-order chi connectivity index (χ1) is 11.5. The van der Waals surface area contributed by atoms with Gasteiger partial charge in [0.05, 0.1) is 30.1 Å². The SMILES string of the molecule is CCC(C)NC(=O)c1cncc(Nc2cccc(C(=O)OC)c2)c1. The Labute approximate surface area is 141 Å². The van der Waals surface area contributed by atoms with E-state index in [1.807, 2.05) is 19.9 Å². The van der Waals surface area contributed by atoms with Gasteiger partial charge in [0.1, 0.15) is 0 Å². The van der Waals surface area contributed by atoms with Gasteiger partial charge in [-0.1, -0.05) is 13.0 Å². The summed E-state index contributed by atoms with van der Waals surface area (Å²) < 4.78 is 4.71. The molecule has 0 spiro atoms. The van der Waals surface area contributed by atoms with Crippen molar-refractivity contribution in [3.63, 3.8) is 0 Å². The summed E-state index contributed by atoms with van der Waals surface area (Å²) in [5.41, 5.74) is 2.29. The van der Waals surface area contributed by atoms with Crippen LogP contribution in [0.2, 0.25) is 0 Å². The fraction of sp³-hybridized carbons (Fsp3) is 0.278. The van der Waals surface area contributed by atoms with E-state index in [-0.39, 0.29) is 11.9 Å². The van der Waals surface area contributed by atoms with Gasteiger partial charge in [0.25, 0.3) is 5.91 Å². The van der Waals surface area contributed by atoms with Crippen molar-refractivity contribution >= 4 is 23.3 Å². The molecule has 2 rings (SSSR count). The highest BCUT2D eigenvalue weighted by Crippen LogP contribution is 2.18. The lowest BCUT2D eigenvalue weighted by Crippen LogP contribution is -2.31. The van der Waals surface area contributed by atoms with Gasteiger partial charge >= 0.3 is 5.97 Å². The molecule has 126 valence electrons. The molecule has 1 aromatic carbocycles. The number of ether oxygens (including phenoxy) is 1. The third kappa shape index (κ3) is 4.55. The van der Waals surface area contributed by atoms with Gasteiger partial charge in [-0.3, -0.25) is 9.78 Å². The van der Waals surface area contributed by atoms with Gasteiger partial charge < -0.3 is 15.4 Å². The van der Waals surface area contributed by atoms with Crippen LogP contribution in [0.5, 0.6) is 0 Å². The van der Waals surface area contributed by atoms with E-state index in [2.05, 4.69) is 15.6 Å². The van der Waals surface area contributed by atoms with Crippen LogP contribution in [0.3, 0.4) is 0 Å². The van der Waals surface area contributed by atoms with E-state index >= 15 is 0 Å². The number of hydrogen-bond donors (Lipinski definition) is 2. The molecule has 0 aliphatic heterocycles. The summed E-state index contributed by atoms with van der Waals surface area (Å²) in [5, 5.41) is 6.04. The molecule has 1 aromatic heterocycles. The molecule has 0 aliphatic carbocycles. The van der Waals surface area contributed by atoms with Gasteiger partial charge in [-0.05, 0) is 37.6 Å². The van der Waals surface area contributed by atoms with Gasteiger partial charge in [-0.2, -0.15) is 0 Å². The Morgan fingerprint density at radius 3 is 2.62 bits per heavy atom. The number of pyridine rings is 1. The van der Waals surface area contributed by atoms with Crippen LogP contribution in [0.15, 0.2) is 42.7 Å². The highest BCUT2D eigenvalue weighted by atomic mass is 16.5. The molecule has 2 N–H and O–H groups in total. The lowest BCUT2D eigenvalue weighted by atomic mass is 10.2. The number of anilines is 2. The van der Waals surface area contributed by atoms with Crippen LogP contribution in [-0.4, -0.2) is 30.0 Å². The first-order valence-corrected chi connectivity index (χ1v) is 7.74. The Morgan fingerprint density at radius 1 is 1.17 bits per heavy atom. The number of aromatic nitrogens is 1. The van der Waals surface area contributed by atoms with E-state index in [1.165, 1.54) is 13.3 Å². The molecule has 1 heterocycles. The number of amides is 1. The minimum atomic E-state index is -0.404. The first-order valence-electron chi connectivity index (χ1n) is 7.74. The largest absolute Gasteiger partial charge is 0.465 e. The van der Waals surface area contributed by atoms with E-state index < -0.39 is 5.97 Å². The summed E-state index contributed by atoms with van der Waals surface area (Å²) in [6, 6.07) is 8.74. The fourth-order valence-electron chi connectivity index (χ4n) is 2.05. The van der Waals surface area contributed by atoms with Crippen molar-refractivity contribution in [2.75, 3.05) is 12.4 Å². The van der Waals surface area contributed by atoms with Crippen molar-refractivity contribution in [2.45, 2.75) is 26.3 Å². The van der Waals surface area contributed by atoms with Crippen LogP contribution in [0.1, 0.15) is 41.0 Å². The zero-order chi connectivity index (χ0) is 17.5. The number of methoxy groups -OCH3 is 1. The minimum absolute atomic E-state index is 0.103. The van der Waals surface area contributed by atoms with Crippen molar-refractivity contribution in [1.82, 2.24) is 10.3 Å². The number of esters is 1. The van der Waals surface area contributed by atoms with Crippen molar-refractivity contribution in [3.8, 4) is 0 Å². The molecule has 24 heavy (non-hydrogen) atoms. The zero-order valence-corrected chi connectivity index (χ0v) is 14.0. The van der Waals surface area contributed by atoms with E-state index in [9.17, 15) is 9.59 Å². The predicted molar refractivity (Wildman–Crippen MR) is 92.5 cm³/mol. The monoisotopic (exact) mass is 327 g/mol. The molecule has 0 fully saturated rings. The van der Waals surface area contributed by atoms with Gasteiger partial charge in [0, 0.05) is 17.9 Å². The molecule has 0 radical (unpaired) electrons. The van der Waals surface area contributed by atoms with Gasteiger partial charge in [0.2, 0.25) is 0 Å².